The predicted octanol–water partition coefficient (Wildman–Crippen LogP) is 2.03. The van der Waals surface area contributed by atoms with Crippen molar-refractivity contribution in [2.45, 2.75) is 45.2 Å². The molecule has 1 fully saturated rings. The summed E-state index contributed by atoms with van der Waals surface area (Å²) in [6, 6.07) is 0.242. The number of rotatable bonds is 1. The molecule has 0 aromatic heterocycles. The van der Waals surface area contributed by atoms with Gasteiger partial charge in [-0.2, -0.15) is 0 Å². The van der Waals surface area contributed by atoms with E-state index in [1.807, 2.05) is 25.7 Å². The van der Waals surface area contributed by atoms with Crippen molar-refractivity contribution in [2.24, 2.45) is 0 Å². The average Bonchev–Trinajstić information content (AvgIpc) is 2.17. The van der Waals surface area contributed by atoms with Crippen LogP contribution >= 0.6 is 0 Å². The summed E-state index contributed by atoms with van der Waals surface area (Å²) in [5.74, 6) is 0. The molecule has 1 heterocycles. The SMILES string of the molecule is COC(=O)N(C1CCOCC1)C(C)(C)C. The summed E-state index contributed by atoms with van der Waals surface area (Å²) >= 11 is 0. The lowest BCUT2D eigenvalue weighted by Crippen LogP contribution is -2.53. The summed E-state index contributed by atoms with van der Waals surface area (Å²) in [6.45, 7) is 7.54. The topological polar surface area (TPSA) is 38.8 Å². The van der Waals surface area contributed by atoms with Crippen LogP contribution in [0.2, 0.25) is 0 Å². The first kappa shape index (κ1) is 12.3. The quantitative estimate of drug-likeness (QED) is 0.672. The molecule has 0 aliphatic carbocycles. The van der Waals surface area contributed by atoms with Gasteiger partial charge in [0.2, 0.25) is 0 Å². The van der Waals surface area contributed by atoms with Gasteiger partial charge in [-0.1, -0.05) is 0 Å². The molecule has 0 bridgehead atoms. The first-order valence-electron chi connectivity index (χ1n) is 5.42. The molecule has 4 heteroatoms. The van der Waals surface area contributed by atoms with E-state index >= 15 is 0 Å². The molecule has 0 saturated carbocycles. The minimum Gasteiger partial charge on any atom is -0.453 e. The van der Waals surface area contributed by atoms with Gasteiger partial charge in [-0.25, -0.2) is 4.79 Å². The molecule has 4 nitrogen and oxygen atoms in total. The highest BCUT2D eigenvalue weighted by Gasteiger charge is 2.34. The first-order chi connectivity index (χ1) is 6.96. The van der Waals surface area contributed by atoms with Gasteiger partial charge in [0.25, 0.3) is 0 Å². The van der Waals surface area contributed by atoms with E-state index in [4.69, 9.17) is 9.47 Å². The molecule has 1 aliphatic rings. The van der Waals surface area contributed by atoms with Crippen LogP contribution in [0.3, 0.4) is 0 Å². The van der Waals surface area contributed by atoms with Crippen LogP contribution in [0.25, 0.3) is 0 Å². The largest absolute Gasteiger partial charge is 0.453 e. The fourth-order valence-electron chi connectivity index (χ4n) is 2.01. The number of carbonyl (C=O) groups is 1. The Kier molecular flexibility index (Phi) is 3.97. The zero-order valence-electron chi connectivity index (χ0n) is 10.1. The zero-order chi connectivity index (χ0) is 11.5. The van der Waals surface area contributed by atoms with Crippen molar-refractivity contribution in [3.8, 4) is 0 Å². The summed E-state index contributed by atoms with van der Waals surface area (Å²) in [6.07, 6.45) is 1.55. The van der Waals surface area contributed by atoms with Gasteiger partial charge in [0.15, 0.2) is 0 Å². The third kappa shape index (κ3) is 3.09. The molecule has 1 aliphatic heterocycles. The zero-order valence-corrected chi connectivity index (χ0v) is 10.1. The summed E-state index contributed by atoms with van der Waals surface area (Å²) in [7, 11) is 1.43. The summed E-state index contributed by atoms with van der Waals surface area (Å²) in [5.41, 5.74) is -0.199. The summed E-state index contributed by atoms with van der Waals surface area (Å²) in [5, 5.41) is 0. The first-order valence-corrected chi connectivity index (χ1v) is 5.42. The van der Waals surface area contributed by atoms with Crippen molar-refractivity contribution in [3.05, 3.63) is 0 Å². The Hall–Kier alpha value is -0.770. The normalized spacial score (nSPS) is 18.7. The van der Waals surface area contributed by atoms with Gasteiger partial charge >= 0.3 is 6.09 Å². The van der Waals surface area contributed by atoms with Crippen LogP contribution in [-0.4, -0.2) is 42.9 Å². The van der Waals surface area contributed by atoms with E-state index in [-0.39, 0.29) is 17.7 Å². The minimum atomic E-state index is -0.241. The van der Waals surface area contributed by atoms with E-state index in [2.05, 4.69) is 0 Å². The Labute approximate surface area is 91.5 Å². The molecule has 0 unspecified atom stereocenters. The summed E-state index contributed by atoms with van der Waals surface area (Å²) in [4.78, 5) is 13.5. The molecule has 0 aromatic rings. The molecule has 0 radical (unpaired) electrons. The fraction of sp³-hybridized carbons (Fsp3) is 0.909. The molecular weight excluding hydrogens is 194 g/mol. The van der Waals surface area contributed by atoms with Gasteiger partial charge in [0.05, 0.1) is 7.11 Å². The Morgan fingerprint density at radius 3 is 2.27 bits per heavy atom. The van der Waals surface area contributed by atoms with Crippen LogP contribution in [0.1, 0.15) is 33.6 Å². The molecule has 1 saturated heterocycles. The van der Waals surface area contributed by atoms with Crippen molar-refractivity contribution >= 4 is 6.09 Å². The Balaban J connectivity index is 2.75. The van der Waals surface area contributed by atoms with Gasteiger partial charge in [-0.3, -0.25) is 0 Å². The van der Waals surface area contributed by atoms with E-state index in [1.165, 1.54) is 7.11 Å². The second-order valence-corrected chi connectivity index (χ2v) is 4.85. The smallest absolute Gasteiger partial charge is 0.410 e. The lowest BCUT2D eigenvalue weighted by atomic mass is 9.99. The highest BCUT2D eigenvalue weighted by Crippen LogP contribution is 2.24. The highest BCUT2D eigenvalue weighted by atomic mass is 16.5. The molecular formula is C11H21NO3. The van der Waals surface area contributed by atoms with Crippen LogP contribution in [0.15, 0.2) is 0 Å². The monoisotopic (exact) mass is 215 g/mol. The van der Waals surface area contributed by atoms with E-state index in [0.717, 1.165) is 26.1 Å². The third-order valence-corrected chi connectivity index (χ3v) is 2.65. The van der Waals surface area contributed by atoms with E-state index in [9.17, 15) is 4.79 Å². The van der Waals surface area contributed by atoms with Gasteiger partial charge < -0.3 is 14.4 Å². The van der Waals surface area contributed by atoms with Crippen molar-refractivity contribution in [2.75, 3.05) is 20.3 Å². The number of ether oxygens (including phenoxy) is 2. The van der Waals surface area contributed by atoms with Gasteiger partial charge in [0, 0.05) is 24.8 Å². The number of hydrogen-bond donors (Lipinski definition) is 0. The van der Waals surface area contributed by atoms with Crippen molar-refractivity contribution in [1.29, 1.82) is 0 Å². The molecule has 15 heavy (non-hydrogen) atoms. The minimum absolute atomic E-state index is 0.199. The Bertz CT molecular complexity index is 216. The lowest BCUT2D eigenvalue weighted by molar-refractivity contribution is 0.000500. The van der Waals surface area contributed by atoms with Crippen LogP contribution in [0.5, 0.6) is 0 Å². The third-order valence-electron chi connectivity index (χ3n) is 2.65. The molecule has 0 spiro atoms. The Morgan fingerprint density at radius 1 is 1.33 bits per heavy atom. The molecule has 0 N–H and O–H groups in total. The average molecular weight is 215 g/mol. The lowest BCUT2D eigenvalue weighted by Gasteiger charge is -2.42. The van der Waals surface area contributed by atoms with E-state index < -0.39 is 0 Å². The number of amides is 1. The van der Waals surface area contributed by atoms with E-state index in [1.54, 1.807) is 0 Å². The molecule has 88 valence electrons. The number of hydrogen-bond acceptors (Lipinski definition) is 3. The predicted molar refractivity (Wildman–Crippen MR) is 57.8 cm³/mol. The van der Waals surface area contributed by atoms with Crippen LogP contribution in [0.4, 0.5) is 4.79 Å². The van der Waals surface area contributed by atoms with Crippen LogP contribution in [0, 0.1) is 0 Å². The highest BCUT2D eigenvalue weighted by molar-refractivity contribution is 5.68. The standard InChI is InChI=1S/C11H21NO3/c1-11(2,3)12(10(13)14-4)9-5-7-15-8-6-9/h9H,5-8H2,1-4H3. The molecule has 0 aromatic carbocycles. The van der Waals surface area contributed by atoms with Crippen LogP contribution in [-0.2, 0) is 9.47 Å². The van der Waals surface area contributed by atoms with Gasteiger partial charge in [0.1, 0.15) is 0 Å². The number of carbonyl (C=O) groups excluding carboxylic acids is 1. The fourth-order valence-corrected chi connectivity index (χ4v) is 2.01. The van der Waals surface area contributed by atoms with E-state index in [0.29, 0.717) is 0 Å². The number of methoxy groups -OCH3 is 1. The van der Waals surface area contributed by atoms with Crippen LogP contribution < -0.4 is 0 Å². The molecule has 0 atom stereocenters. The maximum Gasteiger partial charge on any atom is 0.410 e. The Morgan fingerprint density at radius 2 is 1.87 bits per heavy atom. The van der Waals surface area contributed by atoms with Gasteiger partial charge in [-0.05, 0) is 33.6 Å². The second-order valence-electron chi connectivity index (χ2n) is 4.85. The van der Waals surface area contributed by atoms with Crippen molar-refractivity contribution < 1.29 is 14.3 Å². The molecule has 1 amide bonds. The summed E-state index contributed by atoms with van der Waals surface area (Å²) < 4.78 is 10.1. The van der Waals surface area contributed by atoms with Gasteiger partial charge in [-0.15, -0.1) is 0 Å². The second kappa shape index (κ2) is 4.84. The maximum absolute atomic E-state index is 11.7. The van der Waals surface area contributed by atoms with Crippen molar-refractivity contribution in [3.63, 3.8) is 0 Å². The molecule has 1 rings (SSSR count). The maximum atomic E-state index is 11.7. The number of nitrogens with zero attached hydrogens (tertiary/aromatic N) is 1. The van der Waals surface area contributed by atoms with Crippen molar-refractivity contribution in [1.82, 2.24) is 4.90 Å².